The van der Waals surface area contributed by atoms with Gasteiger partial charge in [0.15, 0.2) is 4.96 Å². The maximum atomic E-state index is 6.03. The van der Waals surface area contributed by atoms with Crippen LogP contribution in [0.1, 0.15) is 33.4 Å². The van der Waals surface area contributed by atoms with Gasteiger partial charge in [0.05, 0.1) is 17.9 Å². The Hall–Kier alpha value is -0.910. The van der Waals surface area contributed by atoms with Gasteiger partial charge < -0.3 is 10.1 Å². The summed E-state index contributed by atoms with van der Waals surface area (Å²) < 4.78 is 8.15. The molecule has 3 rings (SSSR count). The van der Waals surface area contributed by atoms with Gasteiger partial charge in [-0.15, -0.1) is 11.3 Å². The van der Waals surface area contributed by atoms with Gasteiger partial charge >= 0.3 is 0 Å². The second-order valence-electron chi connectivity index (χ2n) is 6.18. The summed E-state index contributed by atoms with van der Waals surface area (Å²) in [4.78, 5) is 5.82. The Morgan fingerprint density at radius 1 is 1.38 bits per heavy atom. The molecule has 2 aromatic rings. The highest BCUT2D eigenvalue weighted by Gasteiger charge is 2.41. The third-order valence-corrected chi connectivity index (χ3v) is 5.59. The molecule has 0 aromatic carbocycles. The third kappa shape index (κ3) is 2.87. The van der Waals surface area contributed by atoms with Gasteiger partial charge in [-0.2, -0.15) is 0 Å². The van der Waals surface area contributed by atoms with E-state index in [2.05, 4.69) is 55.2 Å². The van der Waals surface area contributed by atoms with E-state index in [9.17, 15) is 0 Å². The Bertz CT molecular complexity index is 565. The van der Waals surface area contributed by atoms with E-state index in [-0.39, 0.29) is 0 Å². The lowest BCUT2D eigenvalue weighted by molar-refractivity contribution is 0.0476. The topological polar surface area (TPSA) is 38.6 Å². The van der Waals surface area contributed by atoms with Crippen molar-refractivity contribution in [2.45, 2.75) is 52.4 Å². The van der Waals surface area contributed by atoms with E-state index in [0.29, 0.717) is 30.1 Å². The molecule has 1 saturated heterocycles. The predicted octanol–water partition coefficient (Wildman–Crippen LogP) is 2.98. The molecule has 0 saturated carbocycles. The summed E-state index contributed by atoms with van der Waals surface area (Å²) >= 11 is 1.69. The maximum absolute atomic E-state index is 6.03. The number of nitrogens with one attached hydrogen (secondary N) is 1. The zero-order chi connectivity index (χ0) is 15.0. The zero-order valence-electron chi connectivity index (χ0n) is 13.2. The molecule has 1 aliphatic rings. The summed E-state index contributed by atoms with van der Waals surface area (Å²) in [7, 11) is 0. The fraction of sp³-hybridized carbons (Fsp3) is 0.688. The smallest absolute Gasteiger partial charge is 0.193 e. The number of thiazole rings is 1. The van der Waals surface area contributed by atoms with Crippen LogP contribution in [0.25, 0.3) is 4.96 Å². The highest BCUT2D eigenvalue weighted by molar-refractivity contribution is 7.15. The average molecular weight is 307 g/mol. The summed E-state index contributed by atoms with van der Waals surface area (Å²) in [6.45, 7) is 9.87. The summed E-state index contributed by atoms with van der Waals surface area (Å²) in [5.41, 5.74) is 1.17. The van der Waals surface area contributed by atoms with Crippen molar-refractivity contribution in [3.05, 3.63) is 23.5 Å². The number of rotatable bonds is 5. The van der Waals surface area contributed by atoms with Crippen LogP contribution in [0.5, 0.6) is 0 Å². The molecule has 116 valence electrons. The van der Waals surface area contributed by atoms with Crippen molar-refractivity contribution in [1.29, 1.82) is 0 Å². The lowest BCUT2D eigenvalue weighted by Crippen LogP contribution is -2.43. The maximum Gasteiger partial charge on any atom is 0.193 e. The van der Waals surface area contributed by atoms with Crippen LogP contribution < -0.4 is 5.32 Å². The number of fused-ring (bicyclic) bond motifs is 1. The van der Waals surface area contributed by atoms with E-state index in [1.54, 1.807) is 11.3 Å². The van der Waals surface area contributed by atoms with Gasteiger partial charge in [-0.3, -0.25) is 4.40 Å². The number of likely N-dealkylation sites (N-methyl/N-ethyl adjacent to an activating group) is 1. The molecule has 0 spiro atoms. The molecule has 1 N–H and O–H groups in total. The minimum absolute atomic E-state index is 0.308. The Kier molecular flexibility index (Phi) is 4.33. The molecule has 0 radical (unpaired) electrons. The first kappa shape index (κ1) is 15.0. The molecule has 3 heterocycles. The van der Waals surface area contributed by atoms with Crippen molar-refractivity contribution >= 4 is 16.3 Å². The lowest BCUT2D eigenvalue weighted by atomic mass is 9.81. The molecule has 5 heteroatoms. The van der Waals surface area contributed by atoms with Gasteiger partial charge in [-0.25, -0.2) is 4.98 Å². The van der Waals surface area contributed by atoms with Crippen LogP contribution >= 0.6 is 11.3 Å². The van der Waals surface area contributed by atoms with E-state index in [1.165, 1.54) is 5.69 Å². The van der Waals surface area contributed by atoms with Gasteiger partial charge in [0.2, 0.25) is 0 Å². The number of nitrogens with zero attached hydrogens (tertiary/aromatic N) is 2. The van der Waals surface area contributed by atoms with E-state index in [1.807, 2.05) is 0 Å². The first-order chi connectivity index (χ1) is 10.1. The molecule has 2 aromatic heterocycles. The SMILES string of the molecule is CCNC(Cc1cn2ccsc2n1)C1C(C)OC(C)C1C. The predicted molar refractivity (Wildman–Crippen MR) is 86.9 cm³/mol. The lowest BCUT2D eigenvalue weighted by Gasteiger charge is -2.29. The van der Waals surface area contributed by atoms with Crippen molar-refractivity contribution in [2.75, 3.05) is 6.54 Å². The highest BCUT2D eigenvalue weighted by atomic mass is 32.1. The molecule has 21 heavy (non-hydrogen) atoms. The van der Waals surface area contributed by atoms with Crippen molar-refractivity contribution in [3.8, 4) is 0 Å². The summed E-state index contributed by atoms with van der Waals surface area (Å²) in [6.07, 6.45) is 5.85. The van der Waals surface area contributed by atoms with Crippen LogP contribution in [0.15, 0.2) is 17.8 Å². The molecule has 0 bridgehead atoms. The van der Waals surface area contributed by atoms with Crippen molar-refractivity contribution < 1.29 is 4.74 Å². The van der Waals surface area contributed by atoms with Crippen molar-refractivity contribution in [3.63, 3.8) is 0 Å². The van der Waals surface area contributed by atoms with Crippen LogP contribution in [-0.2, 0) is 11.2 Å². The van der Waals surface area contributed by atoms with Crippen LogP contribution in [0.3, 0.4) is 0 Å². The fourth-order valence-corrected chi connectivity index (χ4v) is 4.41. The normalized spacial score (nSPS) is 31.0. The molecule has 5 atom stereocenters. The quantitative estimate of drug-likeness (QED) is 0.923. The van der Waals surface area contributed by atoms with Crippen LogP contribution in [0.4, 0.5) is 0 Å². The minimum atomic E-state index is 0.308. The number of ether oxygens (including phenoxy) is 1. The monoisotopic (exact) mass is 307 g/mol. The van der Waals surface area contributed by atoms with Crippen LogP contribution in [0, 0.1) is 11.8 Å². The largest absolute Gasteiger partial charge is 0.375 e. The molecular formula is C16H25N3OS. The Morgan fingerprint density at radius 2 is 2.19 bits per heavy atom. The number of hydrogen-bond acceptors (Lipinski definition) is 4. The van der Waals surface area contributed by atoms with E-state index >= 15 is 0 Å². The second-order valence-corrected chi connectivity index (χ2v) is 7.05. The fourth-order valence-electron chi connectivity index (χ4n) is 3.69. The molecule has 5 unspecified atom stereocenters. The standard InChI is InChI=1S/C16H25N3OS/c1-5-17-14(15-10(2)11(3)20-12(15)4)8-13-9-19-6-7-21-16(19)18-13/h6-7,9-12,14-15,17H,5,8H2,1-4H3. The molecular weight excluding hydrogens is 282 g/mol. The Labute approximate surface area is 130 Å². The third-order valence-electron chi connectivity index (χ3n) is 4.82. The van der Waals surface area contributed by atoms with Gasteiger partial charge in [0.1, 0.15) is 0 Å². The first-order valence-electron chi connectivity index (χ1n) is 7.90. The molecule has 0 aliphatic carbocycles. The first-order valence-corrected chi connectivity index (χ1v) is 8.78. The van der Waals surface area contributed by atoms with E-state index in [4.69, 9.17) is 9.72 Å². The highest BCUT2D eigenvalue weighted by Crippen LogP contribution is 2.35. The minimum Gasteiger partial charge on any atom is -0.375 e. The van der Waals surface area contributed by atoms with Crippen LogP contribution in [-0.4, -0.2) is 34.2 Å². The van der Waals surface area contributed by atoms with Gasteiger partial charge in [-0.05, 0) is 26.3 Å². The molecule has 1 fully saturated rings. The summed E-state index contributed by atoms with van der Waals surface area (Å²) in [5, 5.41) is 5.74. The Morgan fingerprint density at radius 3 is 2.81 bits per heavy atom. The van der Waals surface area contributed by atoms with Crippen molar-refractivity contribution in [1.82, 2.24) is 14.7 Å². The number of imidazole rings is 1. The summed E-state index contributed by atoms with van der Waals surface area (Å²) in [5.74, 6) is 1.12. The second kappa shape index (κ2) is 6.07. The molecule has 4 nitrogen and oxygen atoms in total. The molecule has 0 amide bonds. The van der Waals surface area contributed by atoms with Gasteiger partial charge in [0, 0.05) is 36.2 Å². The van der Waals surface area contributed by atoms with E-state index < -0.39 is 0 Å². The number of aromatic nitrogens is 2. The Balaban J connectivity index is 1.79. The molecule has 1 aliphatic heterocycles. The zero-order valence-corrected chi connectivity index (χ0v) is 14.1. The average Bonchev–Trinajstić information content (AvgIpc) is 3.05. The van der Waals surface area contributed by atoms with Gasteiger partial charge in [0.25, 0.3) is 0 Å². The van der Waals surface area contributed by atoms with Crippen LogP contribution in [0.2, 0.25) is 0 Å². The van der Waals surface area contributed by atoms with E-state index in [0.717, 1.165) is 17.9 Å². The summed E-state index contributed by atoms with van der Waals surface area (Å²) in [6, 6.07) is 0.426. The van der Waals surface area contributed by atoms with Gasteiger partial charge in [-0.1, -0.05) is 13.8 Å². The van der Waals surface area contributed by atoms with Crippen molar-refractivity contribution in [2.24, 2.45) is 11.8 Å². The number of hydrogen-bond donors (Lipinski definition) is 1.